The van der Waals surface area contributed by atoms with E-state index >= 15 is 0 Å². The van der Waals surface area contributed by atoms with Gasteiger partial charge in [-0.2, -0.15) is 13.2 Å². The van der Waals surface area contributed by atoms with E-state index in [0.29, 0.717) is 27.2 Å². The van der Waals surface area contributed by atoms with Gasteiger partial charge in [0, 0.05) is 12.6 Å². The number of primary sulfonamides is 1. The Labute approximate surface area is 237 Å². The quantitative estimate of drug-likeness (QED) is 0.213. The van der Waals surface area contributed by atoms with Crippen LogP contribution in [-0.2, 0) is 27.6 Å². The summed E-state index contributed by atoms with van der Waals surface area (Å²) in [6.45, 7) is 4.25. The molecule has 0 aliphatic carbocycles. The van der Waals surface area contributed by atoms with E-state index in [0.717, 1.165) is 23.5 Å². The predicted octanol–water partition coefficient (Wildman–Crippen LogP) is 4.14. The number of halogens is 3. The fourth-order valence-electron chi connectivity index (χ4n) is 4.08. The van der Waals surface area contributed by atoms with E-state index in [1.807, 2.05) is 13.8 Å². The van der Waals surface area contributed by atoms with Gasteiger partial charge in [-0.25, -0.2) is 23.2 Å². The molecule has 2 aromatic carbocycles. The first kappa shape index (κ1) is 30.4. The van der Waals surface area contributed by atoms with E-state index in [4.69, 9.17) is 9.88 Å². The fourth-order valence-corrected chi connectivity index (χ4v) is 5.76. The number of nitrogens with zero attached hydrogens (tertiary/aromatic N) is 4. The Morgan fingerprint density at radius 3 is 2.51 bits per heavy atom. The van der Waals surface area contributed by atoms with Crippen molar-refractivity contribution in [1.82, 2.24) is 25.3 Å². The van der Waals surface area contributed by atoms with Crippen molar-refractivity contribution in [3.63, 3.8) is 0 Å². The summed E-state index contributed by atoms with van der Waals surface area (Å²) in [4.78, 5) is 15.5. The molecule has 0 fully saturated rings. The van der Waals surface area contributed by atoms with Gasteiger partial charge in [-0.3, -0.25) is 4.79 Å². The van der Waals surface area contributed by atoms with Crippen molar-refractivity contribution in [2.75, 3.05) is 6.54 Å². The van der Waals surface area contributed by atoms with Crippen LogP contribution in [0.2, 0.25) is 0 Å². The monoisotopic (exact) mass is 612 g/mol. The lowest BCUT2D eigenvalue weighted by atomic mass is 9.99. The summed E-state index contributed by atoms with van der Waals surface area (Å²) in [6.07, 6.45) is -3.12. The number of sulfonamides is 1. The lowest BCUT2D eigenvalue weighted by Crippen LogP contribution is -2.33. The number of aromatic nitrogens is 4. The van der Waals surface area contributed by atoms with Gasteiger partial charge >= 0.3 is 12.1 Å². The molecule has 0 aliphatic rings. The molecule has 0 bridgehead atoms. The highest BCUT2D eigenvalue weighted by Gasteiger charge is 2.30. The second-order valence-electron chi connectivity index (χ2n) is 9.62. The normalized spacial score (nSPS) is 13.9. The van der Waals surface area contributed by atoms with E-state index in [2.05, 4.69) is 20.6 Å². The minimum atomic E-state index is -4.49. The molecular formula is C25H27F3N6O5S2. The van der Waals surface area contributed by atoms with Gasteiger partial charge in [0.25, 0.3) is 10.0 Å². The number of carbonyl (C=O) groups is 1. The zero-order valence-electron chi connectivity index (χ0n) is 21.9. The second kappa shape index (κ2) is 12.1. The van der Waals surface area contributed by atoms with Gasteiger partial charge in [0.2, 0.25) is 4.34 Å². The summed E-state index contributed by atoms with van der Waals surface area (Å²) in [5, 5.41) is 26.0. The molecule has 0 radical (unpaired) electrons. The minimum absolute atomic E-state index is 0.0396. The number of rotatable bonds is 12. The first-order valence-electron chi connectivity index (χ1n) is 12.3. The lowest BCUT2D eigenvalue weighted by Gasteiger charge is -2.25. The summed E-state index contributed by atoms with van der Waals surface area (Å²) in [5.74, 6) is -0.592. The number of hydrogen-bond acceptors (Lipinski definition) is 9. The molecule has 2 aromatic heterocycles. The van der Waals surface area contributed by atoms with Crippen molar-refractivity contribution in [3.05, 3.63) is 65.5 Å². The number of benzene rings is 2. The summed E-state index contributed by atoms with van der Waals surface area (Å²) in [6, 6.07) is 8.35. The zero-order chi connectivity index (χ0) is 29.9. The number of carboxylic acid groups (broad SMARTS) is 1. The first-order valence-corrected chi connectivity index (χ1v) is 14.7. The standard InChI is InChI=1S/C25H27F3N6O5S2/c1-14(2)21(11-30-20(10-23(35)36)15-3-5-16(6-4-15)25(26,27)28)34-12-17(32-33-34)13-39-18-7-8-19-22(9-18)40-24(31-19)41(29,37)38/h3-9,12,14,20-21,30H,10-11,13H2,1-2H3,(H,35,36)(H2,29,37,38)/t20?,21-/m0/s1. The number of aliphatic carboxylic acids is 1. The van der Waals surface area contributed by atoms with E-state index in [-0.39, 0.29) is 35.9 Å². The number of thiazole rings is 1. The molecule has 4 aromatic rings. The van der Waals surface area contributed by atoms with Crippen LogP contribution in [0.15, 0.2) is 53.0 Å². The largest absolute Gasteiger partial charge is 0.487 e. The number of nitrogens with one attached hydrogen (secondary N) is 1. The van der Waals surface area contributed by atoms with Gasteiger partial charge in [0.15, 0.2) is 0 Å². The molecule has 16 heteroatoms. The molecule has 1 unspecified atom stereocenters. The Bertz CT molecular complexity index is 1620. The fraction of sp³-hybridized carbons (Fsp3) is 0.360. The van der Waals surface area contributed by atoms with E-state index < -0.39 is 33.8 Å². The molecular weight excluding hydrogens is 585 g/mol. The van der Waals surface area contributed by atoms with Crippen molar-refractivity contribution in [2.24, 2.45) is 11.1 Å². The topological polar surface area (TPSA) is 162 Å². The van der Waals surface area contributed by atoms with Crippen LogP contribution in [0.4, 0.5) is 13.2 Å². The predicted molar refractivity (Wildman–Crippen MR) is 144 cm³/mol. The summed E-state index contributed by atoms with van der Waals surface area (Å²) in [5.41, 5.74) is 0.592. The average molecular weight is 613 g/mol. The Hall–Kier alpha value is -3.60. The highest BCUT2D eigenvalue weighted by Crippen LogP contribution is 2.31. The second-order valence-corrected chi connectivity index (χ2v) is 12.4. The summed E-state index contributed by atoms with van der Waals surface area (Å²) < 4.78 is 69.8. The molecule has 0 amide bonds. The molecule has 4 rings (SSSR count). The molecule has 11 nitrogen and oxygen atoms in total. The number of nitrogens with two attached hydrogens (primary N) is 1. The highest BCUT2D eigenvalue weighted by molar-refractivity contribution is 7.91. The van der Waals surface area contributed by atoms with Crippen molar-refractivity contribution >= 4 is 37.5 Å². The maximum atomic E-state index is 13.0. The highest BCUT2D eigenvalue weighted by atomic mass is 32.2. The molecule has 0 saturated heterocycles. The lowest BCUT2D eigenvalue weighted by molar-refractivity contribution is -0.138. The smallest absolute Gasteiger partial charge is 0.416 e. The third-order valence-electron chi connectivity index (χ3n) is 6.23. The van der Waals surface area contributed by atoms with Crippen LogP contribution in [-0.4, -0.2) is 46.0 Å². The Morgan fingerprint density at radius 2 is 1.90 bits per heavy atom. The van der Waals surface area contributed by atoms with Gasteiger partial charge in [0.05, 0.1) is 34.4 Å². The van der Waals surface area contributed by atoms with Crippen LogP contribution in [0.25, 0.3) is 10.2 Å². The van der Waals surface area contributed by atoms with Gasteiger partial charge in [-0.15, -0.1) is 16.4 Å². The molecule has 4 N–H and O–H groups in total. The van der Waals surface area contributed by atoms with E-state index in [9.17, 15) is 31.5 Å². The molecule has 2 heterocycles. The molecule has 0 aliphatic heterocycles. The third-order valence-corrected chi connectivity index (χ3v) is 8.57. The van der Waals surface area contributed by atoms with Gasteiger partial charge in [-0.05, 0) is 41.8 Å². The van der Waals surface area contributed by atoms with Crippen LogP contribution in [0.5, 0.6) is 5.75 Å². The van der Waals surface area contributed by atoms with Crippen LogP contribution in [0.1, 0.15) is 49.2 Å². The number of ether oxygens (including phenoxy) is 1. The average Bonchev–Trinajstić information content (AvgIpc) is 3.53. The molecule has 2 atom stereocenters. The van der Waals surface area contributed by atoms with Crippen molar-refractivity contribution < 1.29 is 36.2 Å². The van der Waals surface area contributed by atoms with Gasteiger partial charge in [-0.1, -0.05) is 31.2 Å². The SMILES string of the molecule is CC(C)[C@H](CNC(CC(=O)O)c1ccc(C(F)(F)F)cc1)n1cc(COc2ccc3nc(S(N)(=O)=O)sc3c2)nn1. The summed E-state index contributed by atoms with van der Waals surface area (Å²) >= 11 is 0.933. The molecule has 0 spiro atoms. The number of fused-ring (bicyclic) bond motifs is 1. The van der Waals surface area contributed by atoms with Crippen molar-refractivity contribution in [3.8, 4) is 5.75 Å². The molecule has 220 valence electrons. The number of carboxylic acids is 1. The van der Waals surface area contributed by atoms with Crippen LogP contribution in [0, 0.1) is 5.92 Å². The van der Waals surface area contributed by atoms with Gasteiger partial charge < -0.3 is 15.2 Å². The van der Waals surface area contributed by atoms with E-state index in [1.54, 1.807) is 29.1 Å². The van der Waals surface area contributed by atoms with E-state index in [1.165, 1.54) is 12.1 Å². The summed E-state index contributed by atoms with van der Waals surface area (Å²) in [7, 11) is -3.91. The number of hydrogen-bond donors (Lipinski definition) is 3. The maximum absolute atomic E-state index is 13.0. The molecule has 41 heavy (non-hydrogen) atoms. The van der Waals surface area contributed by atoms with Crippen molar-refractivity contribution in [1.29, 1.82) is 0 Å². The zero-order valence-corrected chi connectivity index (χ0v) is 23.5. The van der Waals surface area contributed by atoms with Crippen molar-refractivity contribution in [2.45, 2.75) is 49.5 Å². The number of alkyl halides is 3. The first-order chi connectivity index (χ1) is 19.2. The maximum Gasteiger partial charge on any atom is 0.416 e. The van der Waals surface area contributed by atoms with Crippen LogP contribution in [0.3, 0.4) is 0 Å². The van der Waals surface area contributed by atoms with Gasteiger partial charge in [0.1, 0.15) is 18.1 Å². The Morgan fingerprint density at radius 1 is 1.20 bits per heavy atom. The van der Waals surface area contributed by atoms with Crippen LogP contribution < -0.4 is 15.2 Å². The van der Waals surface area contributed by atoms with Crippen LogP contribution >= 0.6 is 11.3 Å². The Balaban J connectivity index is 1.43. The minimum Gasteiger partial charge on any atom is -0.487 e. The molecule has 0 saturated carbocycles. The Kier molecular flexibility index (Phi) is 8.96. The third kappa shape index (κ3) is 7.78.